The number of carbonyl (C=O) groups is 2. The molecule has 24 heavy (non-hydrogen) atoms. The molecule has 2 aliphatic rings. The lowest BCUT2D eigenvalue weighted by Crippen LogP contribution is -2.40. The summed E-state index contributed by atoms with van der Waals surface area (Å²) in [4.78, 5) is 24.2. The molecule has 1 aromatic rings. The van der Waals surface area contributed by atoms with E-state index in [-0.39, 0.29) is 11.3 Å². The maximum absolute atomic E-state index is 12.2. The maximum atomic E-state index is 12.2. The molecular weight excluding hydrogens is 372 g/mol. The summed E-state index contributed by atoms with van der Waals surface area (Å²) in [5.74, 6) is -1.05. The largest absolute Gasteiger partial charge is 0.481 e. The topological polar surface area (TPSA) is 78.8 Å². The summed E-state index contributed by atoms with van der Waals surface area (Å²) in [5, 5.41) is 14.1. The van der Waals surface area contributed by atoms with E-state index >= 15 is 0 Å². The zero-order valence-electron chi connectivity index (χ0n) is 14.0. The van der Waals surface area contributed by atoms with Gasteiger partial charge in [0.15, 0.2) is 0 Å². The standard InChI is InChI=1S/C18H21BrN2O3/c1-16(2)17(3)8-9-18(16,15(23)24)10-13(17)20-21-14(22)11-4-6-12(19)7-5-11/h4-7H,8-10H2,1-3H3,(H,21,22)(H,23,24). The van der Waals surface area contributed by atoms with Crippen LogP contribution in [0, 0.1) is 16.2 Å². The Morgan fingerprint density at radius 2 is 1.79 bits per heavy atom. The Balaban J connectivity index is 1.86. The van der Waals surface area contributed by atoms with E-state index in [1.807, 2.05) is 13.8 Å². The van der Waals surface area contributed by atoms with Crippen molar-refractivity contribution in [3.8, 4) is 0 Å². The van der Waals surface area contributed by atoms with Crippen LogP contribution in [0.25, 0.3) is 0 Å². The number of carbonyl (C=O) groups excluding carboxylic acids is 1. The number of aliphatic carboxylic acids is 1. The average Bonchev–Trinajstić information content (AvgIpc) is 2.83. The number of benzene rings is 1. The van der Waals surface area contributed by atoms with Gasteiger partial charge in [-0.3, -0.25) is 9.59 Å². The first kappa shape index (κ1) is 17.1. The van der Waals surface area contributed by atoms with E-state index in [9.17, 15) is 14.7 Å². The van der Waals surface area contributed by atoms with E-state index in [2.05, 4.69) is 33.4 Å². The van der Waals surface area contributed by atoms with Crippen LogP contribution in [0.4, 0.5) is 0 Å². The lowest BCUT2D eigenvalue weighted by molar-refractivity contribution is -0.154. The monoisotopic (exact) mass is 392 g/mol. The highest BCUT2D eigenvalue weighted by atomic mass is 79.9. The van der Waals surface area contributed by atoms with Crippen molar-refractivity contribution >= 4 is 33.5 Å². The average molecular weight is 393 g/mol. The van der Waals surface area contributed by atoms with Crippen LogP contribution in [-0.4, -0.2) is 22.7 Å². The first-order valence-electron chi connectivity index (χ1n) is 8.00. The molecule has 0 heterocycles. The minimum atomic E-state index is -0.789. The number of rotatable bonds is 3. The second-order valence-corrected chi connectivity index (χ2v) is 8.44. The van der Waals surface area contributed by atoms with Gasteiger partial charge in [0.2, 0.25) is 0 Å². The molecule has 3 rings (SSSR count). The van der Waals surface area contributed by atoms with Crippen LogP contribution in [0.15, 0.2) is 33.8 Å². The molecular formula is C18H21BrN2O3. The van der Waals surface area contributed by atoms with Gasteiger partial charge in [-0.2, -0.15) is 5.10 Å². The molecule has 0 saturated heterocycles. The van der Waals surface area contributed by atoms with E-state index in [1.165, 1.54) is 0 Å². The minimum absolute atomic E-state index is 0.288. The van der Waals surface area contributed by atoms with E-state index in [0.29, 0.717) is 18.4 Å². The highest BCUT2D eigenvalue weighted by Crippen LogP contribution is 2.70. The quantitative estimate of drug-likeness (QED) is 0.766. The van der Waals surface area contributed by atoms with Gasteiger partial charge < -0.3 is 5.11 Å². The summed E-state index contributed by atoms with van der Waals surface area (Å²) in [6, 6.07) is 7.02. The van der Waals surface area contributed by atoms with Crippen LogP contribution in [0.5, 0.6) is 0 Å². The SMILES string of the molecule is CC12CCC(C(=O)O)(CC1=NNC(=O)c1ccc(Br)cc1)C2(C)C. The van der Waals surface area contributed by atoms with Gasteiger partial charge in [-0.05, 0) is 42.5 Å². The van der Waals surface area contributed by atoms with Gasteiger partial charge >= 0.3 is 5.97 Å². The molecule has 128 valence electrons. The number of nitrogens with zero attached hydrogens (tertiary/aromatic N) is 1. The summed E-state index contributed by atoms with van der Waals surface area (Å²) in [6.07, 6.45) is 1.83. The predicted octanol–water partition coefficient (Wildman–Crippen LogP) is 3.84. The Hall–Kier alpha value is -1.69. The van der Waals surface area contributed by atoms with Gasteiger partial charge in [0, 0.05) is 27.6 Å². The third-order valence-electron chi connectivity index (χ3n) is 6.54. The van der Waals surface area contributed by atoms with Gasteiger partial charge in [0.05, 0.1) is 5.41 Å². The normalized spacial score (nSPS) is 32.1. The van der Waals surface area contributed by atoms with E-state index in [4.69, 9.17) is 0 Å². The molecule has 2 bridgehead atoms. The molecule has 1 aromatic carbocycles. The molecule has 2 saturated carbocycles. The minimum Gasteiger partial charge on any atom is -0.481 e. The van der Waals surface area contributed by atoms with E-state index < -0.39 is 16.8 Å². The van der Waals surface area contributed by atoms with Crippen LogP contribution < -0.4 is 5.43 Å². The molecule has 0 aromatic heterocycles. The molecule has 2 N–H and O–H groups in total. The van der Waals surface area contributed by atoms with Crippen LogP contribution in [0.1, 0.15) is 50.4 Å². The van der Waals surface area contributed by atoms with Gasteiger partial charge in [0.1, 0.15) is 0 Å². The molecule has 0 radical (unpaired) electrons. The van der Waals surface area contributed by atoms with Gasteiger partial charge in [-0.15, -0.1) is 0 Å². The van der Waals surface area contributed by atoms with Crippen LogP contribution in [-0.2, 0) is 4.79 Å². The highest BCUT2D eigenvalue weighted by Gasteiger charge is 2.71. The first-order valence-corrected chi connectivity index (χ1v) is 8.80. The van der Waals surface area contributed by atoms with Gasteiger partial charge in [-0.1, -0.05) is 36.7 Å². The number of fused-ring (bicyclic) bond motifs is 2. The van der Waals surface area contributed by atoms with Crippen molar-refractivity contribution in [2.75, 3.05) is 0 Å². The highest BCUT2D eigenvalue weighted by molar-refractivity contribution is 9.10. The number of hydrogen-bond donors (Lipinski definition) is 2. The fraction of sp³-hybridized carbons (Fsp3) is 0.500. The molecule has 2 aliphatic carbocycles. The van der Waals surface area contributed by atoms with Crippen molar-refractivity contribution in [2.45, 2.75) is 40.0 Å². The van der Waals surface area contributed by atoms with Crippen molar-refractivity contribution in [1.29, 1.82) is 0 Å². The number of hydrogen-bond acceptors (Lipinski definition) is 3. The number of hydrazone groups is 1. The van der Waals surface area contributed by atoms with Gasteiger partial charge in [-0.25, -0.2) is 5.43 Å². The number of halogens is 1. The summed E-state index contributed by atoms with van der Waals surface area (Å²) < 4.78 is 0.899. The maximum Gasteiger partial charge on any atom is 0.310 e. The van der Waals surface area contributed by atoms with Crippen molar-refractivity contribution in [3.05, 3.63) is 34.3 Å². The summed E-state index contributed by atoms with van der Waals surface area (Å²) in [6.45, 7) is 6.08. The third-order valence-corrected chi connectivity index (χ3v) is 7.07. The summed E-state index contributed by atoms with van der Waals surface area (Å²) in [7, 11) is 0. The fourth-order valence-electron chi connectivity index (χ4n) is 4.31. The second-order valence-electron chi connectivity index (χ2n) is 7.53. The smallest absolute Gasteiger partial charge is 0.310 e. The number of amides is 1. The second kappa shape index (κ2) is 5.41. The zero-order chi connectivity index (χ0) is 17.8. The number of carboxylic acid groups (broad SMARTS) is 1. The predicted molar refractivity (Wildman–Crippen MR) is 94.9 cm³/mol. The molecule has 0 spiro atoms. The first-order chi connectivity index (χ1) is 11.1. The van der Waals surface area contributed by atoms with Crippen LogP contribution in [0.2, 0.25) is 0 Å². The third kappa shape index (κ3) is 2.15. The Kier molecular flexibility index (Phi) is 3.86. The Morgan fingerprint density at radius 3 is 2.33 bits per heavy atom. The van der Waals surface area contributed by atoms with E-state index in [1.54, 1.807) is 24.3 Å². The Morgan fingerprint density at radius 1 is 1.17 bits per heavy atom. The molecule has 2 fully saturated rings. The zero-order valence-corrected chi connectivity index (χ0v) is 15.6. The molecule has 5 nitrogen and oxygen atoms in total. The molecule has 0 aliphatic heterocycles. The molecule has 6 heteroatoms. The molecule has 2 atom stereocenters. The molecule has 1 amide bonds. The van der Waals surface area contributed by atoms with Crippen molar-refractivity contribution in [2.24, 2.45) is 21.3 Å². The Bertz CT molecular complexity index is 741. The Labute approximate surface area is 149 Å². The lowest BCUT2D eigenvalue weighted by atomic mass is 9.65. The van der Waals surface area contributed by atoms with Crippen molar-refractivity contribution < 1.29 is 14.7 Å². The van der Waals surface area contributed by atoms with E-state index in [0.717, 1.165) is 16.6 Å². The lowest BCUT2D eigenvalue weighted by Gasteiger charge is -2.37. The van der Waals surface area contributed by atoms with Crippen LogP contribution >= 0.6 is 15.9 Å². The van der Waals surface area contributed by atoms with Crippen molar-refractivity contribution in [3.63, 3.8) is 0 Å². The number of nitrogens with one attached hydrogen (secondary N) is 1. The molecule has 2 unspecified atom stereocenters. The fourth-order valence-corrected chi connectivity index (χ4v) is 4.57. The van der Waals surface area contributed by atoms with Crippen LogP contribution in [0.3, 0.4) is 0 Å². The number of carboxylic acids is 1. The summed E-state index contributed by atoms with van der Waals surface area (Å²) >= 11 is 3.33. The van der Waals surface area contributed by atoms with Crippen molar-refractivity contribution in [1.82, 2.24) is 5.43 Å². The van der Waals surface area contributed by atoms with Gasteiger partial charge in [0.25, 0.3) is 5.91 Å². The summed E-state index contributed by atoms with van der Waals surface area (Å²) in [5.41, 5.74) is 2.41.